The van der Waals surface area contributed by atoms with Gasteiger partial charge in [-0.15, -0.1) is 0 Å². The summed E-state index contributed by atoms with van der Waals surface area (Å²) in [4.78, 5) is 25.6. The average Bonchev–Trinajstić information content (AvgIpc) is 2.65. The summed E-state index contributed by atoms with van der Waals surface area (Å²) in [5.41, 5.74) is 4.12. The fraction of sp³-hybridized carbons (Fsp3) is 0.440. The molecule has 0 saturated heterocycles. The van der Waals surface area contributed by atoms with Gasteiger partial charge in [-0.1, -0.05) is 29.8 Å². The number of esters is 2. The lowest BCUT2D eigenvalue weighted by molar-refractivity contribution is -0.169. The summed E-state index contributed by atoms with van der Waals surface area (Å²) in [6.07, 6.45) is -0.471. The van der Waals surface area contributed by atoms with E-state index in [-0.39, 0.29) is 16.2 Å². The van der Waals surface area contributed by atoms with Crippen LogP contribution in [0.25, 0.3) is 0 Å². The molecule has 0 spiro atoms. The Morgan fingerprint density at radius 2 is 1.32 bits per heavy atom. The molecule has 0 aliphatic rings. The highest BCUT2D eigenvalue weighted by Gasteiger charge is 2.43. The van der Waals surface area contributed by atoms with Crippen LogP contribution >= 0.6 is 0 Å². The van der Waals surface area contributed by atoms with E-state index in [1.54, 1.807) is 53.7 Å². The summed E-state index contributed by atoms with van der Waals surface area (Å²) in [6.45, 7) is 12.0. The number of hydrogen-bond donors (Lipinski definition) is 1. The number of carbonyl (C=O) groups is 2. The van der Waals surface area contributed by atoms with Gasteiger partial charge in [0.15, 0.2) is 5.54 Å². The van der Waals surface area contributed by atoms with Gasteiger partial charge in [-0.25, -0.2) is 4.79 Å². The molecule has 8 nitrogen and oxygen atoms in total. The van der Waals surface area contributed by atoms with Gasteiger partial charge in [0.05, 0.1) is 6.42 Å². The zero-order valence-electron chi connectivity index (χ0n) is 20.7. The van der Waals surface area contributed by atoms with Gasteiger partial charge in [-0.05, 0) is 78.3 Å². The second-order valence-corrected chi connectivity index (χ2v) is 11.7. The van der Waals surface area contributed by atoms with E-state index < -0.39 is 45.2 Å². The van der Waals surface area contributed by atoms with Crippen molar-refractivity contribution in [3.05, 3.63) is 59.7 Å². The maximum atomic E-state index is 13.0. The van der Waals surface area contributed by atoms with Crippen LogP contribution in [-0.2, 0) is 34.7 Å². The molecule has 0 bridgehead atoms. The Balaban J connectivity index is 2.35. The van der Waals surface area contributed by atoms with Crippen LogP contribution in [0.15, 0.2) is 53.4 Å². The molecule has 0 aromatic heterocycles. The molecule has 0 heterocycles. The molecule has 34 heavy (non-hydrogen) atoms. The second kappa shape index (κ2) is 9.76. The smallest absolute Gasteiger partial charge is 0.339 e. The Kier molecular flexibility index (Phi) is 7.84. The standard InChI is InChI=1S/C25H33NO7S/c1-17-8-14-20(15-9-17)34(29,30)33-19-12-10-18(11-13-19)25(26,22(28)32-24(5,6)7)16-21(27)31-23(2,3)4/h8-15H,16,26H2,1-7H3. The van der Waals surface area contributed by atoms with Gasteiger partial charge in [0.25, 0.3) is 0 Å². The molecule has 0 fully saturated rings. The molecule has 0 amide bonds. The zero-order valence-corrected chi connectivity index (χ0v) is 21.5. The summed E-state index contributed by atoms with van der Waals surface area (Å²) in [5.74, 6) is -1.47. The summed E-state index contributed by atoms with van der Waals surface area (Å²) < 4.78 is 41.1. The van der Waals surface area contributed by atoms with E-state index in [1.165, 1.54) is 36.4 Å². The molecule has 0 saturated carbocycles. The first kappa shape index (κ1) is 27.3. The van der Waals surface area contributed by atoms with E-state index in [9.17, 15) is 18.0 Å². The quantitative estimate of drug-likeness (QED) is 0.456. The summed E-state index contributed by atoms with van der Waals surface area (Å²) in [5, 5.41) is 0. The number of carbonyl (C=O) groups excluding carboxylic acids is 2. The van der Waals surface area contributed by atoms with Crippen molar-refractivity contribution >= 4 is 22.1 Å². The minimum absolute atomic E-state index is 0.00836. The molecule has 2 aromatic rings. The first-order valence-corrected chi connectivity index (χ1v) is 12.2. The summed E-state index contributed by atoms with van der Waals surface area (Å²) in [7, 11) is -4.06. The van der Waals surface area contributed by atoms with E-state index in [4.69, 9.17) is 19.4 Å². The first-order valence-electron chi connectivity index (χ1n) is 10.8. The van der Waals surface area contributed by atoms with Crippen LogP contribution in [0.2, 0.25) is 0 Å². The van der Waals surface area contributed by atoms with Gasteiger partial charge in [0, 0.05) is 0 Å². The van der Waals surface area contributed by atoms with Crippen LogP contribution < -0.4 is 9.92 Å². The zero-order chi connectivity index (χ0) is 25.9. The number of rotatable bonds is 7. The minimum atomic E-state index is -4.06. The maximum Gasteiger partial charge on any atom is 0.339 e. The number of benzene rings is 2. The highest BCUT2D eigenvalue weighted by molar-refractivity contribution is 7.87. The average molecular weight is 492 g/mol. The SMILES string of the molecule is Cc1ccc(S(=O)(=O)Oc2ccc(C(N)(CC(=O)OC(C)(C)C)C(=O)OC(C)(C)C)cc2)cc1. The molecule has 1 atom stereocenters. The van der Waals surface area contributed by atoms with Crippen molar-refractivity contribution in [3.63, 3.8) is 0 Å². The molecule has 2 rings (SSSR count). The van der Waals surface area contributed by atoms with E-state index in [0.717, 1.165) is 5.56 Å². The van der Waals surface area contributed by atoms with Crippen LogP contribution in [0.5, 0.6) is 5.75 Å². The Morgan fingerprint density at radius 1 is 0.824 bits per heavy atom. The van der Waals surface area contributed by atoms with Crippen molar-refractivity contribution in [2.75, 3.05) is 0 Å². The molecule has 1 unspecified atom stereocenters. The first-order chi connectivity index (χ1) is 15.4. The third-order valence-corrected chi connectivity index (χ3v) is 5.75. The van der Waals surface area contributed by atoms with Gasteiger partial charge in [-0.2, -0.15) is 8.42 Å². The Morgan fingerprint density at radius 3 is 1.79 bits per heavy atom. The van der Waals surface area contributed by atoms with Crippen molar-refractivity contribution in [2.24, 2.45) is 5.73 Å². The van der Waals surface area contributed by atoms with Crippen LogP contribution in [0.3, 0.4) is 0 Å². The van der Waals surface area contributed by atoms with Crippen LogP contribution in [-0.4, -0.2) is 31.6 Å². The fourth-order valence-electron chi connectivity index (χ4n) is 2.95. The van der Waals surface area contributed by atoms with Gasteiger partial charge in [0.2, 0.25) is 0 Å². The molecular formula is C25H33NO7S. The van der Waals surface area contributed by atoms with E-state index in [1.807, 2.05) is 6.92 Å². The van der Waals surface area contributed by atoms with Crippen LogP contribution in [0, 0.1) is 6.92 Å². The van der Waals surface area contributed by atoms with Crippen LogP contribution in [0.4, 0.5) is 0 Å². The predicted octanol–water partition coefficient (Wildman–Crippen LogP) is 3.99. The summed E-state index contributed by atoms with van der Waals surface area (Å²) >= 11 is 0. The monoisotopic (exact) mass is 491 g/mol. The maximum absolute atomic E-state index is 13.0. The Hall–Kier alpha value is -2.91. The lowest BCUT2D eigenvalue weighted by Crippen LogP contribution is -2.50. The number of hydrogen-bond acceptors (Lipinski definition) is 8. The number of ether oxygens (including phenoxy) is 2. The highest BCUT2D eigenvalue weighted by Crippen LogP contribution is 2.30. The number of aryl methyl sites for hydroxylation is 1. The molecule has 2 N–H and O–H groups in total. The molecule has 2 aromatic carbocycles. The van der Waals surface area contributed by atoms with Crippen molar-refractivity contribution in [1.82, 2.24) is 0 Å². The third kappa shape index (κ3) is 7.56. The van der Waals surface area contributed by atoms with Crippen LogP contribution in [0.1, 0.15) is 59.1 Å². The van der Waals surface area contributed by atoms with Gasteiger partial charge in [0.1, 0.15) is 21.8 Å². The van der Waals surface area contributed by atoms with E-state index >= 15 is 0 Å². The Bertz CT molecular complexity index is 1130. The second-order valence-electron chi connectivity index (χ2n) is 10.1. The van der Waals surface area contributed by atoms with Crippen molar-refractivity contribution in [1.29, 1.82) is 0 Å². The molecule has 0 aliphatic carbocycles. The van der Waals surface area contributed by atoms with Gasteiger partial charge in [-0.3, -0.25) is 4.79 Å². The van der Waals surface area contributed by atoms with Crippen molar-refractivity contribution in [3.8, 4) is 5.75 Å². The Labute approximate surface area is 201 Å². The molecular weight excluding hydrogens is 458 g/mol. The largest absolute Gasteiger partial charge is 0.460 e. The van der Waals surface area contributed by atoms with E-state index in [0.29, 0.717) is 0 Å². The van der Waals surface area contributed by atoms with Gasteiger partial charge >= 0.3 is 22.1 Å². The van der Waals surface area contributed by atoms with Crippen molar-refractivity contribution in [2.45, 2.75) is 76.5 Å². The highest BCUT2D eigenvalue weighted by atomic mass is 32.2. The lowest BCUT2D eigenvalue weighted by Gasteiger charge is -2.32. The summed E-state index contributed by atoms with van der Waals surface area (Å²) in [6, 6.07) is 11.8. The molecule has 9 heteroatoms. The fourth-order valence-corrected chi connectivity index (χ4v) is 3.88. The van der Waals surface area contributed by atoms with Gasteiger partial charge < -0.3 is 19.4 Å². The molecule has 0 radical (unpaired) electrons. The minimum Gasteiger partial charge on any atom is -0.460 e. The normalized spacial score (nSPS) is 14.1. The molecule has 0 aliphatic heterocycles. The number of nitrogens with two attached hydrogens (primary N) is 1. The third-order valence-electron chi connectivity index (χ3n) is 4.49. The molecule has 186 valence electrons. The lowest BCUT2D eigenvalue weighted by atomic mass is 9.87. The van der Waals surface area contributed by atoms with E-state index in [2.05, 4.69) is 0 Å². The predicted molar refractivity (Wildman–Crippen MR) is 128 cm³/mol. The van der Waals surface area contributed by atoms with Crippen molar-refractivity contribution < 1.29 is 31.7 Å². The topological polar surface area (TPSA) is 122 Å².